The molecule has 0 atom stereocenters. The SMILES string of the molecule is Cc1cc(S(=O)(=O)NCc2ccsc2)sc1CNC(C)C. The fourth-order valence-corrected chi connectivity index (χ4v) is 5.01. The molecule has 0 bridgehead atoms. The highest BCUT2D eigenvalue weighted by Crippen LogP contribution is 2.26. The molecule has 0 amide bonds. The largest absolute Gasteiger partial charge is 0.310 e. The molecule has 0 saturated heterocycles. The minimum absolute atomic E-state index is 0.336. The summed E-state index contributed by atoms with van der Waals surface area (Å²) in [6, 6.07) is 4.05. The third kappa shape index (κ3) is 4.62. The van der Waals surface area contributed by atoms with Crippen LogP contribution in [0.25, 0.3) is 0 Å². The summed E-state index contributed by atoms with van der Waals surface area (Å²) < 4.78 is 27.7. The molecule has 21 heavy (non-hydrogen) atoms. The Morgan fingerprint density at radius 1 is 1.29 bits per heavy atom. The van der Waals surface area contributed by atoms with Gasteiger partial charge in [-0.25, -0.2) is 13.1 Å². The van der Waals surface area contributed by atoms with Crippen molar-refractivity contribution in [3.8, 4) is 0 Å². The van der Waals surface area contributed by atoms with E-state index in [1.807, 2.05) is 23.8 Å². The number of thiophene rings is 2. The summed E-state index contributed by atoms with van der Waals surface area (Å²) in [6.45, 7) is 7.13. The molecule has 0 spiro atoms. The van der Waals surface area contributed by atoms with Gasteiger partial charge in [-0.15, -0.1) is 11.3 Å². The monoisotopic (exact) mass is 344 g/mol. The van der Waals surface area contributed by atoms with Gasteiger partial charge < -0.3 is 5.32 Å². The van der Waals surface area contributed by atoms with Crippen molar-refractivity contribution in [2.45, 2.75) is 44.1 Å². The Morgan fingerprint density at radius 3 is 2.67 bits per heavy atom. The average Bonchev–Trinajstić information content (AvgIpc) is 3.04. The van der Waals surface area contributed by atoms with Gasteiger partial charge in [-0.3, -0.25) is 0 Å². The van der Waals surface area contributed by atoms with Crippen molar-refractivity contribution in [1.29, 1.82) is 0 Å². The van der Waals surface area contributed by atoms with Crippen LogP contribution < -0.4 is 10.0 Å². The second-order valence-electron chi connectivity index (χ2n) is 5.16. The van der Waals surface area contributed by atoms with Gasteiger partial charge >= 0.3 is 0 Å². The first kappa shape index (κ1) is 16.6. The Morgan fingerprint density at radius 2 is 2.05 bits per heavy atom. The minimum Gasteiger partial charge on any atom is -0.310 e. The number of hydrogen-bond acceptors (Lipinski definition) is 5. The molecule has 0 unspecified atom stereocenters. The van der Waals surface area contributed by atoms with E-state index in [0.29, 0.717) is 23.3 Å². The van der Waals surface area contributed by atoms with Crippen LogP contribution in [-0.2, 0) is 23.1 Å². The van der Waals surface area contributed by atoms with Crippen LogP contribution in [0.3, 0.4) is 0 Å². The van der Waals surface area contributed by atoms with Gasteiger partial charge in [0.25, 0.3) is 0 Å². The predicted molar refractivity (Wildman–Crippen MR) is 89.4 cm³/mol. The minimum atomic E-state index is -3.43. The molecule has 2 aromatic heterocycles. The van der Waals surface area contributed by atoms with Crippen LogP contribution in [0.1, 0.15) is 29.9 Å². The van der Waals surface area contributed by atoms with Crippen LogP contribution in [0.5, 0.6) is 0 Å². The Kier molecular flexibility index (Phi) is 5.56. The van der Waals surface area contributed by atoms with E-state index >= 15 is 0 Å². The molecule has 2 heterocycles. The van der Waals surface area contributed by atoms with Crippen molar-refractivity contribution in [2.75, 3.05) is 0 Å². The zero-order valence-electron chi connectivity index (χ0n) is 12.3. The summed E-state index contributed by atoms with van der Waals surface area (Å²) in [5.74, 6) is 0. The number of nitrogens with one attached hydrogen (secondary N) is 2. The third-order valence-corrected chi connectivity index (χ3v) is 6.82. The fourth-order valence-electron chi connectivity index (χ4n) is 1.74. The molecule has 116 valence electrons. The van der Waals surface area contributed by atoms with Crippen LogP contribution >= 0.6 is 22.7 Å². The molecule has 0 aromatic carbocycles. The predicted octanol–water partition coefficient (Wildman–Crippen LogP) is 3.09. The van der Waals surface area contributed by atoms with Gasteiger partial charge in [0.05, 0.1) is 0 Å². The zero-order chi connectivity index (χ0) is 15.5. The van der Waals surface area contributed by atoms with Gasteiger partial charge in [-0.2, -0.15) is 11.3 Å². The molecule has 0 aliphatic heterocycles. The maximum atomic E-state index is 12.3. The van der Waals surface area contributed by atoms with Crippen LogP contribution in [-0.4, -0.2) is 14.5 Å². The first-order valence-electron chi connectivity index (χ1n) is 6.72. The second-order valence-corrected chi connectivity index (χ2v) is 9.07. The summed E-state index contributed by atoms with van der Waals surface area (Å²) in [6.07, 6.45) is 0. The van der Waals surface area contributed by atoms with Gasteiger partial charge in [0.2, 0.25) is 10.0 Å². The van der Waals surface area contributed by atoms with Crippen molar-refractivity contribution in [1.82, 2.24) is 10.0 Å². The smallest absolute Gasteiger partial charge is 0.250 e. The Balaban J connectivity index is 2.07. The number of rotatable bonds is 7. The van der Waals surface area contributed by atoms with Gasteiger partial charge in [0.15, 0.2) is 0 Å². The quantitative estimate of drug-likeness (QED) is 0.811. The van der Waals surface area contributed by atoms with Gasteiger partial charge in [0, 0.05) is 24.0 Å². The van der Waals surface area contributed by atoms with E-state index < -0.39 is 10.0 Å². The molecule has 0 aliphatic carbocycles. The molecule has 0 aliphatic rings. The highest BCUT2D eigenvalue weighted by Gasteiger charge is 2.18. The normalized spacial score (nSPS) is 12.2. The molecule has 0 radical (unpaired) electrons. The summed E-state index contributed by atoms with van der Waals surface area (Å²) in [7, 11) is -3.43. The lowest BCUT2D eigenvalue weighted by Gasteiger charge is -2.06. The van der Waals surface area contributed by atoms with Crippen molar-refractivity contribution in [3.63, 3.8) is 0 Å². The molecule has 0 saturated carbocycles. The van der Waals surface area contributed by atoms with E-state index in [4.69, 9.17) is 0 Å². The van der Waals surface area contributed by atoms with E-state index in [9.17, 15) is 8.42 Å². The molecular weight excluding hydrogens is 324 g/mol. The van der Waals surface area contributed by atoms with Crippen LogP contribution in [0.15, 0.2) is 27.1 Å². The van der Waals surface area contributed by atoms with E-state index in [-0.39, 0.29) is 0 Å². The second kappa shape index (κ2) is 7.02. The standard InChI is InChI=1S/C14H20N2O2S3/c1-10(2)15-8-13-11(3)6-14(20-13)21(17,18)16-7-12-4-5-19-9-12/h4-6,9-10,15-16H,7-8H2,1-3H3. The van der Waals surface area contributed by atoms with E-state index in [0.717, 1.165) is 16.0 Å². The maximum Gasteiger partial charge on any atom is 0.250 e. The summed E-state index contributed by atoms with van der Waals surface area (Å²) >= 11 is 2.90. The molecule has 4 nitrogen and oxygen atoms in total. The summed E-state index contributed by atoms with van der Waals surface area (Å²) in [5, 5.41) is 7.20. The van der Waals surface area contributed by atoms with Crippen LogP contribution in [0.2, 0.25) is 0 Å². The lowest BCUT2D eigenvalue weighted by Crippen LogP contribution is -2.22. The Bertz CT molecular complexity index is 673. The van der Waals surface area contributed by atoms with E-state index in [2.05, 4.69) is 23.9 Å². The molecular formula is C14H20N2O2S3. The first-order chi connectivity index (χ1) is 9.88. The Hall–Kier alpha value is -0.730. The topological polar surface area (TPSA) is 58.2 Å². The fraction of sp³-hybridized carbons (Fsp3) is 0.429. The van der Waals surface area contributed by atoms with Gasteiger partial charge in [-0.05, 0) is 40.9 Å². The van der Waals surface area contributed by atoms with Crippen molar-refractivity contribution >= 4 is 32.7 Å². The van der Waals surface area contributed by atoms with Crippen LogP contribution in [0.4, 0.5) is 0 Å². The van der Waals surface area contributed by atoms with Crippen molar-refractivity contribution in [3.05, 3.63) is 38.9 Å². The molecule has 0 fully saturated rings. The maximum absolute atomic E-state index is 12.3. The summed E-state index contributed by atoms with van der Waals surface area (Å²) in [5.41, 5.74) is 2.00. The molecule has 2 N–H and O–H groups in total. The highest BCUT2D eigenvalue weighted by atomic mass is 32.2. The Labute approximate surface area is 134 Å². The summed E-state index contributed by atoms with van der Waals surface area (Å²) in [4.78, 5) is 1.07. The van der Waals surface area contributed by atoms with Gasteiger partial charge in [0.1, 0.15) is 4.21 Å². The first-order valence-corrected chi connectivity index (χ1v) is 9.96. The number of aryl methyl sites for hydroxylation is 1. The third-order valence-electron chi connectivity index (χ3n) is 2.98. The number of sulfonamides is 1. The lowest BCUT2D eigenvalue weighted by atomic mass is 10.3. The van der Waals surface area contributed by atoms with E-state index in [1.165, 1.54) is 11.3 Å². The van der Waals surface area contributed by atoms with Crippen molar-refractivity contribution < 1.29 is 8.42 Å². The van der Waals surface area contributed by atoms with Gasteiger partial charge in [-0.1, -0.05) is 13.8 Å². The molecule has 7 heteroatoms. The van der Waals surface area contributed by atoms with E-state index in [1.54, 1.807) is 17.4 Å². The molecule has 2 rings (SSSR count). The molecule has 2 aromatic rings. The average molecular weight is 345 g/mol. The lowest BCUT2D eigenvalue weighted by molar-refractivity contribution is 0.583. The van der Waals surface area contributed by atoms with Crippen molar-refractivity contribution in [2.24, 2.45) is 0 Å². The van der Waals surface area contributed by atoms with Crippen LogP contribution in [0, 0.1) is 6.92 Å². The zero-order valence-corrected chi connectivity index (χ0v) is 14.8. The number of hydrogen-bond donors (Lipinski definition) is 2. The highest BCUT2D eigenvalue weighted by molar-refractivity contribution is 7.91.